The molecule has 3 rings (SSSR count). The highest BCUT2D eigenvalue weighted by molar-refractivity contribution is 7.19. The Hall–Kier alpha value is -1.71. The quantitative estimate of drug-likeness (QED) is 0.737. The van der Waals surface area contributed by atoms with Crippen LogP contribution >= 0.6 is 11.3 Å². The van der Waals surface area contributed by atoms with Gasteiger partial charge < -0.3 is 5.32 Å². The third kappa shape index (κ3) is 3.14. The molecule has 0 aliphatic rings. The Morgan fingerprint density at radius 2 is 2.05 bits per heavy atom. The fourth-order valence-corrected chi connectivity index (χ4v) is 3.61. The molecular formula is C18H20N2S. The lowest BCUT2D eigenvalue weighted by molar-refractivity contribution is 0.573. The Labute approximate surface area is 129 Å². The first-order valence-corrected chi connectivity index (χ1v) is 8.24. The summed E-state index contributed by atoms with van der Waals surface area (Å²) in [6.45, 7) is 5.22. The number of nitrogens with zero attached hydrogens (tertiary/aromatic N) is 1. The predicted octanol–water partition coefficient (Wildman–Crippen LogP) is 4.71. The minimum atomic E-state index is 0.342. The smallest absolute Gasteiger partial charge is 0.0573 e. The maximum Gasteiger partial charge on any atom is 0.0573 e. The molecule has 0 bridgehead atoms. The summed E-state index contributed by atoms with van der Waals surface area (Å²) < 4.78 is 1.35. The lowest BCUT2D eigenvalue weighted by atomic mass is 10.1. The molecule has 1 unspecified atom stereocenters. The summed E-state index contributed by atoms with van der Waals surface area (Å²) >= 11 is 1.87. The molecular weight excluding hydrogens is 276 g/mol. The number of aromatic nitrogens is 1. The van der Waals surface area contributed by atoms with Crippen molar-refractivity contribution in [2.75, 3.05) is 0 Å². The van der Waals surface area contributed by atoms with Crippen molar-refractivity contribution < 1.29 is 0 Å². The molecule has 1 aromatic carbocycles. The van der Waals surface area contributed by atoms with Gasteiger partial charge in [0, 0.05) is 28.4 Å². The van der Waals surface area contributed by atoms with Gasteiger partial charge in [0.2, 0.25) is 0 Å². The van der Waals surface area contributed by atoms with E-state index in [1.807, 2.05) is 23.6 Å². The van der Waals surface area contributed by atoms with Crippen LogP contribution < -0.4 is 5.32 Å². The Bertz CT molecular complexity index is 700. The van der Waals surface area contributed by atoms with Gasteiger partial charge in [0.05, 0.1) is 5.69 Å². The minimum Gasteiger partial charge on any atom is -0.304 e. The first-order chi connectivity index (χ1) is 10.3. The number of pyridine rings is 1. The van der Waals surface area contributed by atoms with Crippen LogP contribution in [0.4, 0.5) is 0 Å². The number of hydrogen-bond donors (Lipinski definition) is 1. The van der Waals surface area contributed by atoms with E-state index in [0.29, 0.717) is 6.04 Å². The van der Waals surface area contributed by atoms with Gasteiger partial charge in [-0.1, -0.05) is 31.2 Å². The van der Waals surface area contributed by atoms with Crippen LogP contribution in [-0.4, -0.2) is 4.98 Å². The van der Waals surface area contributed by atoms with E-state index in [1.54, 1.807) is 0 Å². The summed E-state index contributed by atoms with van der Waals surface area (Å²) in [5, 5.41) is 4.93. The summed E-state index contributed by atoms with van der Waals surface area (Å²) in [7, 11) is 0. The maximum absolute atomic E-state index is 4.50. The summed E-state index contributed by atoms with van der Waals surface area (Å²) in [6.07, 6.45) is 2.91. The van der Waals surface area contributed by atoms with Crippen LogP contribution in [-0.2, 0) is 13.0 Å². The van der Waals surface area contributed by atoms with Crippen molar-refractivity contribution in [3.8, 4) is 0 Å². The monoisotopic (exact) mass is 296 g/mol. The fourth-order valence-electron chi connectivity index (χ4n) is 2.52. The normalized spacial score (nSPS) is 12.7. The summed E-state index contributed by atoms with van der Waals surface area (Å²) in [6, 6.07) is 15.4. The molecule has 2 nitrogen and oxygen atoms in total. The Morgan fingerprint density at radius 1 is 1.19 bits per heavy atom. The van der Waals surface area contributed by atoms with E-state index >= 15 is 0 Å². The zero-order chi connectivity index (χ0) is 14.7. The number of fused-ring (bicyclic) bond motifs is 1. The fraction of sp³-hybridized carbons (Fsp3) is 0.278. The topological polar surface area (TPSA) is 24.9 Å². The average Bonchev–Trinajstić information content (AvgIpc) is 2.97. The number of thiophene rings is 1. The van der Waals surface area contributed by atoms with E-state index in [4.69, 9.17) is 0 Å². The van der Waals surface area contributed by atoms with Crippen molar-refractivity contribution in [3.05, 3.63) is 64.8 Å². The molecule has 2 heterocycles. The zero-order valence-corrected chi connectivity index (χ0v) is 13.3. The second-order valence-corrected chi connectivity index (χ2v) is 6.37. The van der Waals surface area contributed by atoms with Gasteiger partial charge in [-0.3, -0.25) is 4.98 Å². The molecule has 0 saturated heterocycles. The molecule has 0 saturated carbocycles. The van der Waals surface area contributed by atoms with Crippen LogP contribution in [0.15, 0.2) is 48.7 Å². The van der Waals surface area contributed by atoms with E-state index in [9.17, 15) is 0 Å². The van der Waals surface area contributed by atoms with Crippen LogP contribution in [0.2, 0.25) is 0 Å². The molecule has 0 spiro atoms. The molecule has 1 N–H and O–H groups in total. The zero-order valence-electron chi connectivity index (χ0n) is 12.5. The SMILES string of the molecule is CCc1cccnc1CNC(C)c1cc2ccccc2s1. The van der Waals surface area contributed by atoms with E-state index in [0.717, 1.165) is 18.7 Å². The molecule has 3 heteroatoms. The minimum absolute atomic E-state index is 0.342. The molecule has 0 aliphatic heterocycles. The van der Waals surface area contributed by atoms with Crippen molar-refractivity contribution in [3.63, 3.8) is 0 Å². The molecule has 2 aromatic heterocycles. The standard InChI is InChI=1S/C18H20N2S/c1-3-14-8-6-10-19-16(14)12-20-13(2)18-11-15-7-4-5-9-17(15)21-18/h4-11,13,20H,3,12H2,1-2H3. The van der Waals surface area contributed by atoms with Crippen LogP contribution in [0.3, 0.4) is 0 Å². The van der Waals surface area contributed by atoms with Gasteiger partial charge in [-0.2, -0.15) is 0 Å². The predicted molar refractivity (Wildman–Crippen MR) is 90.7 cm³/mol. The number of hydrogen-bond acceptors (Lipinski definition) is 3. The molecule has 108 valence electrons. The second-order valence-electron chi connectivity index (χ2n) is 5.25. The highest BCUT2D eigenvalue weighted by atomic mass is 32.1. The van der Waals surface area contributed by atoms with Crippen LogP contribution in [0.1, 0.15) is 36.0 Å². The van der Waals surface area contributed by atoms with Gasteiger partial charge >= 0.3 is 0 Å². The highest BCUT2D eigenvalue weighted by Crippen LogP contribution is 2.29. The van der Waals surface area contributed by atoms with Crippen molar-refractivity contribution in [2.24, 2.45) is 0 Å². The van der Waals surface area contributed by atoms with Gasteiger partial charge in [0.1, 0.15) is 0 Å². The number of aryl methyl sites for hydroxylation is 1. The van der Waals surface area contributed by atoms with Gasteiger partial charge in [0.15, 0.2) is 0 Å². The van der Waals surface area contributed by atoms with Gasteiger partial charge in [-0.25, -0.2) is 0 Å². The number of rotatable bonds is 5. The third-order valence-electron chi connectivity index (χ3n) is 3.81. The summed E-state index contributed by atoms with van der Waals surface area (Å²) in [5.41, 5.74) is 2.49. The van der Waals surface area contributed by atoms with Crippen molar-refractivity contribution in [2.45, 2.75) is 32.9 Å². The average molecular weight is 296 g/mol. The van der Waals surface area contributed by atoms with E-state index in [1.165, 1.54) is 20.5 Å². The molecule has 3 aromatic rings. The lowest BCUT2D eigenvalue weighted by Gasteiger charge is -2.13. The second kappa shape index (κ2) is 6.37. The Morgan fingerprint density at radius 3 is 2.86 bits per heavy atom. The highest BCUT2D eigenvalue weighted by Gasteiger charge is 2.10. The number of benzene rings is 1. The van der Waals surface area contributed by atoms with Gasteiger partial charge in [-0.05, 0) is 42.5 Å². The van der Waals surface area contributed by atoms with Crippen LogP contribution in [0.5, 0.6) is 0 Å². The van der Waals surface area contributed by atoms with E-state index in [2.05, 4.69) is 60.5 Å². The number of nitrogens with one attached hydrogen (secondary N) is 1. The molecule has 0 fully saturated rings. The van der Waals surface area contributed by atoms with E-state index in [-0.39, 0.29) is 0 Å². The lowest BCUT2D eigenvalue weighted by Crippen LogP contribution is -2.18. The van der Waals surface area contributed by atoms with E-state index < -0.39 is 0 Å². The molecule has 1 atom stereocenters. The van der Waals surface area contributed by atoms with Crippen LogP contribution in [0.25, 0.3) is 10.1 Å². The first-order valence-electron chi connectivity index (χ1n) is 7.42. The molecule has 21 heavy (non-hydrogen) atoms. The largest absolute Gasteiger partial charge is 0.304 e. The van der Waals surface area contributed by atoms with Gasteiger partial charge in [-0.15, -0.1) is 11.3 Å². The summed E-state index contributed by atoms with van der Waals surface area (Å²) in [5.74, 6) is 0. The van der Waals surface area contributed by atoms with Crippen LogP contribution in [0, 0.1) is 0 Å². The third-order valence-corrected chi connectivity index (χ3v) is 5.11. The van der Waals surface area contributed by atoms with Crippen molar-refractivity contribution in [1.82, 2.24) is 10.3 Å². The molecule has 0 radical (unpaired) electrons. The Balaban J connectivity index is 1.72. The van der Waals surface area contributed by atoms with Crippen molar-refractivity contribution >= 4 is 21.4 Å². The first kappa shape index (κ1) is 14.2. The van der Waals surface area contributed by atoms with Crippen molar-refractivity contribution in [1.29, 1.82) is 0 Å². The maximum atomic E-state index is 4.50. The summed E-state index contributed by atoms with van der Waals surface area (Å²) in [4.78, 5) is 5.88. The molecule has 0 amide bonds. The Kier molecular flexibility index (Phi) is 4.32. The van der Waals surface area contributed by atoms with Gasteiger partial charge in [0.25, 0.3) is 0 Å². The molecule has 0 aliphatic carbocycles.